The third kappa shape index (κ3) is 2.22. The molecule has 1 aromatic carbocycles. The summed E-state index contributed by atoms with van der Waals surface area (Å²) in [6.45, 7) is 3.81. The molecule has 0 aliphatic heterocycles. The van der Waals surface area contributed by atoms with E-state index in [1.54, 1.807) is 13.0 Å². The van der Waals surface area contributed by atoms with Crippen molar-refractivity contribution in [3.05, 3.63) is 41.5 Å². The molecule has 2 nitrogen and oxygen atoms in total. The molecule has 0 aliphatic carbocycles. The SMILES string of the molecule is CC=C(C(=O)O)c1ccc(CC)cc1. The third-order valence-electron chi connectivity index (χ3n) is 2.19. The molecule has 0 heterocycles. The summed E-state index contributed by atoms with van der Waals surface area (Å²) in [6, 6.07) is 7.62. The summed E-state index contributed by atoms with van der Waals surface area (Å²) in [5.41, 5.74) is 2.33. The molecule has 0 saturated heterocycles. The van der Waals surface area contributed by atoms with Crippen molar-refractivity contribution >= 4 is 11.5 Å². The minimum atomic E-state index is -0.878. The van der Waals surface area contributed by atoms with E-state index in [0.29, 0.717) is 5.57 Å². The summed E-state index contributed by atoms with van der Waals surface area (Å²) < 4.78 is 0. The number of aryl methyl sites for hydroxylation is 1. The topological polar surface area (TPSA) is 37.3 Å². The second-order valence-corrected chi connectivity index (χ2v) is 3.06. The maximum absolute atomic E-state index is 10.8. The number of carboxylic acids is 1. The Hall–Kier alpha value is -1.57. The van der Waals surface area contributed by atoms with Crippen molar-refractivity contribution in [2.24, 2.45) is 0 Å². The summed E-state index contributed by atoms with van der Waals surface area (Å²) >= 11 is 0. The monoisotopic (exact) mass is 190 g/mol. The van der Waals surface area contributed by atoms with E-state index >= 15 is 0 Å². The molecule has 1 N–H and O–H groups in total. The van der Waals surface area contributed by atoms with Crippen LogP contribution >= 0.6 is 0 Å². The number of aliphatic carboxylic acids is 1. The number of benzene rings is 1. The minimum Gasteiger partial charge on any atom is -0.478 e. The molecule has 14 heavy (non-hydrogen) atoms. The Morgan fingerprint density at radius 2 is 1.93 bits per heavy atom. The second-order valence-electron chi connectivity index (χ2n) is 3.06. The lowest BCUT2D eigenvalue weighted by Gasteiger charge is -2.02. The van der Waals surface area contributed by atoms with Gasteiger partial charge in [-0.2, -0.15) is 0 Å². The molecule has 1 rings (SSSR count). The third-order valence-corrected chi connectivity index (χ3v) is 2.19. The predicted octanol–water partition coefficient (Wildman–Crippen LogP) is 2.74. The van der Waals surface area contributed by atoms with E-state index in [2.05, 4.69) is 6.92 Å². The highest BCUT2D eigenvalue weighted by molar-refractivity contribution is 6.15. The van der Waals surface area contributed by atoms with E-state index in [1.165, 1.54) is 5.56 Å². The molecule has 0 atom stereocenters. The van der Waals surface area contributed by atoms with E-state index in [0.717, 1.165) is 12.0 Å². The molecule has 2 heteroatoms. The molecule has 0 spiro atoms. The Bertz CT molecular complexity index is 347. The van der Waals surface area contributed by atoms with Crippen LogP contribution in [0.5, 0.6) is 0 Å². The van der Waals surface area contributed by atoms with Crippen molar-refractivity contribution in [1.82, 2.24) is 0 Å². The fourth-order valence-electron chi connectivity index (χ4n) is 1.33. The van der Waals surface area contributed by atoms with Crippen LogP contribution in [0.4, 0.5) is 0 Å². The van der Waals surface area contributed by atoms with E-state index in [-0.39, 0.29) is 0 Å². The van der Waals surface area contributed by atoms with Crippen LogP contribution in [0.1, 0.15) is 25.0 Å². The highest BCUT2D eigenvalue weighted by Crippen LogP contribution is 2.15. The molecule has 0 unspecified atom stereocenters. The lowest BCUT2D eigenvalue weighted by Crippen LogP contribution is -1.99. The molecule has 0 bridgehead atoms. The number of rotatable bonds is 3. The molecule has 74 valence electrons. The molecule has 0 radical (unpaired) electrons. The number of carbonyl (C=O) groups is 1. The van der Waals surface area contributed by atoms with Crippen LogP contribution in [0.15, 0.2) is 30.3 Å². The van der Waals surface area contributed by atoms with Crippen molar-refractivity contribution in [3.8, 4) is 0 Å². The molecular weight excluding hydrogens is 176 g/mol. The lowest BCUT2D eigenvalue weighted by atomic mass is 10.0. The Balaban J connectivity index is 3.02. The zero-order valence-corrected chi connectivity index (χ0v) is 8.45. The van der Waals surface area contributed by atoms with Crippen molar-refractivity contribution < 1.29 is 9.90 Å². The van der Waals surface area contributed by atoms with Crippen LogP contribution in [0.25, 0.3) is 5.57 Å². The first kappa shape index (κ1) is 10.5. The van der Waals surface area contributed by atoms with Gasteiger partial charge in [0.2, 0.25) is 0 Å². The van der Waals surface area contributed by atoms with Crippen molar-refractivity contribution in [2.75, 3.05) is 0 Å². The van der Waals surface area contributed by atoms with Gasteiger partial charge in [0.25, 0.3) is 0 Å². The van der Waals surface area contributed by atoms with Gasteiger partial charge in [0.15, 0.2) is 0 Å². The molecule has 0 saturated carbocycles. The molecule has 0 aliphatic rings. The number of hydrogen-bond acceptors (Lipinski definition) is 1. The van der Waals surface area contributed by atoms with Gasteiger partial charge < -0.3 is 5.11 Å². The lowest BCUT2D eigenvalue weighted by molar-refractivity contribution is -0.130. The summed E-state index contributed by atoms with van der Waals surface area (Å²) in [5.74, 6) is -0.878. The van der Waals surface area contributed by atoms with Crippen LogP contribution < -0.4 is 0 Å². The predicted molar refractivity (Wildman–Crippen MR) is 57.1 cm³/mol. The van der Waals surface area contributed by atoms with E-state index in [9.17, 15) is 4.79 Å². The molecule has 0 amide bonds. The largest absolute Gasteiger partial charge is 0.478 e. The van der Waals surface area contributed by atoms with Gasteiger partial charge in [0.1, 0.15) is 0 Å². The quantitative estimate of drug-likeness (QED) is 0.744. The van der Waals surface area contributed by atoms with Crippen LogP contribution in [0.3, 0.4) is 0 Å². The molecule has 0 fully saturated rings. The van der Waals surface area contributed by atoms with E-state index in [1.807, 2.05) is 24.3 Å². The van der Waals surface area contributed by atoms with Gasteiger partial charge in [-0.1, -0.05) is 37.3 Å². The van der Waals surface area contributed by atoms with Gasteiger partial charge in [-0.05, 0) is 24.5 Å². The Labute approximate surface area is 83.9 Å². The first-order valence-electron chi connectivity index (χ1n) is 4.68. The Kier molecular flexibility index (Phi) is 3.46. The van der Waals surface area contributed by atoms with Crippen molar-refractivity contribution in [2.45, 2.75) is 20.3 Å². The highest BCUT2D eigenvalue weighted by atomic mass is 16.4. The maximum atomic E-state index is 10.8. The second kappa shape index (κ2) is 4.61. The summed E-state index contributed by atoms with van der Waals surface area (Å²) in [5, 5.41) is 8.88. The maximum Gasteiger partial charge on any atom is 0.335 e. The first-order valence-corrected chi connectivity index (χ1v) is 4.68. The normalized spacial score (nSPS) is 11.4. The number of carboxylic acid groups (broad SMARTS) is 1. The van der Waals surface area contributed by atoms with Crippen LogP contribution in [0.2, 0.25) is 0 Å². The molecule has 1 aromatic rings. The smallest absolute Gasteiger partial charge is 0.335 e. The van der Waals surface area contributed by atoms with Crippen molar-refractivity contribution in [1.29, 1.82) is 0 Å². The van der Waals surface area contributed by atoms with Gasteiger partial charge in [0.05, 0.1) is 5.57 Å². The average molecular weight is 190 g/mol. The van der Waals surface area contributed by atoms with Gasteiger partial charge in [-0.25, -0.2) is 4.79 Å². The summed E-state index contributed by atoms with van der Waals surface area (Å²) in [6.07, 6.45) is 2.59. The van der Waals surface area contributed by atoms with Gasteiger partial charge >= 0.3 is 5.97 Å². The standard InChI is InChI=1S/C12H14O2/c1-3-9-5-7-10(8-6-9)11(4-2)12(13)14/h4-8H,3H2,1-2H3,(H,13,14). The Morgan fingerprint density at radius 3 is 2.29 bits per heavy atom. The molecule has 0 aromatic heterocycles. The van der Waals surface area contributed by atoms with Gasteiger partial charge in [0, 0.05) is 0 Å². The zero-order chi connectivity index (χ0) is 10.6. The van der Waals surface area contributed by atoms with Crippen LogP contribution in [0, 0.1) is 0 Å². The van der Waals surface area contributed by atoms with Crippen LogP contribution in [-0.4, -0.2) is 11.1 Å². The average Bonchev–Trinajstić information content (AvgIpc) is 2.19. The summed E-state index contributed by atoms with van der Waals surface area (Å²) in [4.78, 5) is 10.8. The van der Waals surface area contributed by atoms with Crippen molar-refractivity contribution in [3.63, 3.8) is 0 Å². The summed E-state index contributed by atoms with van der Waals surface area (Å²) in [7, 11) is 0. The highest BCUT2D eigenvalue weighted by Gasteiger charge is 2.07. The van der Waals surface area contributed by atoms with E-state index < -0.39 is 5.97 Å². The van der Waals surface area contributed by atoms with Gasteiger partial charge in [-0.15, -0.1) is 0 Å². The number of allylic oxidation sites excluding steroid dienone is 1. The first-order chi connectivity index (χ1) is 6.69. The number of hydrogen-bond donors (Lipinski definition) is 1. The van der Waals surface area contributed by atoms with Crippen LogP contribution in [-0.2, 0) is 11.2 Å². The zero-order valence-electron chi connectivity index (χ0n) is 8.45. The molecular formula is C12H14O2. The minimum absolute atomic E-state index is 0.354. The van der Waals surface area contributed by atoms with E-state index in [4.69, 9.17) is 5.11 Å². The Morgan fingerprint density at radius 1 is 1.36 bits per heavy atom. The fourth-order valence-corrected chi connectivity index (χ4v) is 1.33. The fraction of sp³-hybridized carbons (Fsp3) is 0.250. The van der Waals surface area contributed by atoms with Gasteiger partial charge in [-0.3, -0.25) is 0 Å².